The molecule has 0 aliphatic carbocycles. The van der Waals surface area contributed by atoms with Crippen molar-refractivity contribution in [2.24, 2.45) is 0 Å². The predicted molar refractivity (Wildman–Crippen MR) is 432 cm³/mol. The number of benzene rings is 16. The summed E-state index contributed by atoms with van der Waals surface area (Å²) in [5.41, 5.74) is 18.6. The molecule has 0 saturated carbocycles. The van der Waals surface area contributed by atoms with E-state index in [0.717, 1.165) is 84.0 Å². The molecular formula is C97H61N7. The van der Waals surface area contributed by atoms with Gasteiger partial charge in [0, 0.05) is 63.7 Å². The van der Waals surface area contributed by atoms with Gasteiger partial charge in [-0.25, -0.2) is 29.9 Å². The van der Waals surface area contributed by atoms with Crippen LogP contribution in [-0.2, 0) is 0 Å². The number of nitrogens with zero attached hydrogens (tertiary/aromatic N) is 7. The van der Waals surface area contributed by atoms with E-state index in [2.05, 4.69) is 312 Å². The van der Waals surface area contributed by atoms with Crippen LogP contribution in [0.25, 0.3) is 198 Å². The van der Waals surface area contributed by atoms with Gasteiger partial charge in [-0.1, -0.05) is 309 Å². The highest BCUT2D eigenvalue weighted by atomic mass is 14.9. The molecule has 20 rings (SSSR count). The first kappa shape index (κ1) is 61.1. The summed E-state index contributed by atoms with van der Waals surface area (Å²) in [6.45, 7) is 0. The molecule has 0 fully saturated rings. The third-order valence-corrected chi connectivity index (χ3v) is 20.2. The van der Waals surface area contributed by atoms with E-state index >= 15 is 0 Å². The van der Waals surface area contributed by atoms with E-state index in [1.165, 1.54) is 103 Å². The maximum absolute atomic E-state index is 5.13. The van der Waals surface area contributed by atoms with Crippen LogP contribution in [0.4, 0.5) is 0 Å². The van der Waals surface area contributed by atoms with E-state index in [1.807, 2.05) is 61.1 Å². The first-order chi connectivity index (χ1) is 51.6. The smallest absolute Gasteiger partial charge is 0.160 e. The molecule has 0 N–H and O–H groups in total. The Bertz CT molecular complexity index is 6250. The molecule has 0 aliphatic rings. The van der Waals surface area contributed by atoms with Gasteiger partial charge in [0.25, 0.3) is 0 Å². The Hall–Kier alpha value is -14.0. The van der Waals surface area contributed by atoms with Gasteiger partial charge in [0.15, 0.2) is 11.6 Å². The van der Waals surface area contributed by atoms with Crippen LogP contribution < -0.4 is 0 Å². The van der Waals surface area contributed by atoms with E-state index in [0.29, 0.717) is 11.6 Å². The maximum Gasteiger partial charge on any atom is 0.160 e. The zero-order chi connectivity index (χ0) is 68.9. The van der Waals surface area contributed by atoms with Gasteiger partial charge in [0.05, 0.1) is 22.8 Å². The Morgan fingerprint density at radius 3 is 0.808 bits per heavy atom. The van der Waals surface area contributed by atoms with Crippen LogP contribution in [0.1, 0.15) is 0 Å². The van der Waals surface area contributed by atoms with Crippen LogP contribution >= 0.6 is 0 Å². The van der Waals surface area contributed by atoms with Crippen molar-refractivity contribution < 1.29 is 0 Å². The summed E-state index contributed by atoms with van der Waals surface area (Å²) >= 11 is 0. The van der Waals surface area contributed by atoms with Crippen LogP contribution in [0.5, 0.6) is 0 Å². The number of rotatable bonds is 10. The topological polar surface area (TPSA) is 90.2 Å². The standard InChI is InChI=1S/C49H31N3.C48H30N4/c1-2-11-34(12-3-1)46-30-47(52-49(51-46)36-26-20-32(21-27-36)37-13-10-28-50-31-37)35-24-22-33(23-25-35)44-29-45-40-16-5-4-14-38(40)39-15-6-8-18-42(39)48(45)43-19-9-7-17-41(43)44;1-2-10-33(11-3-1)45-27-46(52-48(51-45)35-24-18-31(19-25-35)36-28-49-30-50-29-36)34-22-20-32(21-23-34)43-26-44-39-14-5-4-12-37(39)38-13-6-8-16-41(38)47(44)42-17-9-7-15-40(42)43/h1-31H;1-30H. The molecule has 0 amide bonds. The quantitative estimate of drug-likeness (QED) is 0.126. The molecule has 0 atom stereocenters. The Labute approximate surface area is 600 Å². The van der Waals surface area contributed by atoms with Crippen LogP contribution in [0.3, 0.4) is 0 Å². The number of hydrogen-bond acceptors (Lipinski definition) is 7. The summed E-state index contributed by atoms with van der Waals surface area (Å²) in [4.78, 5) is 33.0. The van der Waals surface area contributed by atoms with Gasteiger partial charge in [-0.3, -0.25) is 4.98 Å². The van der Waals surface area contributed by atoms with Crippen molar-refractivity contribution in [2.75, 3.05) is 0 Å². The minimum absolute atomic E-state index is 0.677. The van der Waals surface area contributed by atoms with E-state index in [4.69, 9.17) is 19.9 Å². The first-order valence-electron chi connectivity index (χ1n) is 35.0. The van der Waals surface area contributed by atoms with Gasteiger partial charge in [0.1, 0.15) is 6.33 Å². The summed E-state index contributed by atoms with van der Waals surface area (Å²) in [6.07, 6.45) is 8.86. The minimum atomic E-state index is 0.677. The van der Waals surface area contributed by atoms with Crippen molar-refractivity contribution in [3.8, 4) is 112 Å². The molecule has 104 heavy (non-hydrogen) atoms. The monoisotopic (exact) mass is 1320 g/mol. The van der Waals surface area contributed by atoms with Gasteiger partial charge in [0.2, 0.25) is 0 Å². The summed E-state index contributed by atoms with van der Waals surface area (Å²) in [6, 6.07) is 121. The summed E-state index contributed by atoms with van der Waals surface area (Å²) in [5, 5.41) is 20.4. The molecular weight excluding hydrogens is 1260 g/mol. The molecule has 7 nitrogen and oxygen atoms in total. The largest absolute Gasteiger partial charge is 0.264 e. The van der Waals surface area contributed by atoms with Crippen molar-refractivity contribution in [3.05, 3.63) is 371 Å². The van der Waals surface area contributed by atoms with Crippen molar-refractivity contribution in [1.82, 2.24) is 34.9 Å². The molecule has 7 heteroatoms. The zero-order valence-corrected chi connectivity index (χ0v) is 56.3. The molecule has 0 bridgehead atoms. The molecule has 484 valence electrons. The highest BCUT2D eigenvalue weighted by molar-refractivity contribution is 6.34. The fourth-order valence-electron chi connectivity index (χ4n) is 15.2. The molecule has 0 saturated heterocycles. The normalized spacial score (nSPS) is 11.5. The van der Waals surface area contributed by atoms with Gasteiger partial charge < -0.3 is 0 Å². The number of fused-ring (bicyclic) bond motifs is 16. The average Bonchev–Trinajstić information content (AvgIpc) is 0.726. The Kier molecular flexibility index (Phi) is 15.4. The average molecular weight is 1320 g/mol. The first-order valence-corrected chi connectivity index (χ1v) is 35.0. The second-order valence-corrected chi connectivity index (χ2v) is 26.3. The van der Waals surface area contributed by atoms with E-state index in [-0.39, 0.29) is 0 Å². The summed E-state index contributed by atoms with van der Waals surface area (Å²) < 4.78 is 0. The Morgan fingerprint density at radius 1 is 0.163 bits per heavy atom. The van der Waals surface area contributed by atoms with Gasteiger partial charge in [-0.2, -0.15) is 0 Å². The second-order valence-electron chi connectivity index (χ2n) is 26.3. The Balaban J connectivity index is 0.000000143. The highest BCUT2D eigenvalue weighted by Gasteiger charge is 2.20. The van der Waals surface area contributed by atoms with Crippen LogP contribution in [0.15, 0.2) is 371 Å². The van der Waals surface area contributed by atoms with Gasteiger partial charge in [-0.05, 0) is 155 Å². The third kappa shape index (κ3) is 11.2. The van der Waals surface area contributed by atoms with Crippen LogP contribution in [0, 0.1) is 0 Å². The predicted octanol–water partition coefficient (Wildman–Crippen LogP) is 25.0. The Morgan fingerprint density at radius 2 is 0.433 bits per heavy atom. The number of pyridine rings is 1. The van der Waals surface area contributed by atoms with Crippen LogP contribution in [-0.4, -0.2) is 34.9 Å². The number of aromatic nitrogens is 7. The maximum atomic E-state index is 5.13. The fraction of sp³-hybridized carbons (Fsp3) is 0. The molecule has 0 aliphatic heterocycles. The van der Waals surface area contributed by atoms with Crippen molar-refractivity contribution in [3.63, 3.8) is 0 Å². The molecule has 4 aromatic heterocycles. The van der Waals surface area contributed by atoms with Crippen LogP contribution in [0.2, 0.25) is 0 Å². The lowest BCUT2D eigenvalue weighted by Crippen LogP contribution is -1.96. The third-order valence-electron chi connectivity index (χ3n) is 20.2. The van der Waals surface area contributed by atoms with E-state index < -0.39 is 0 Å². The van der Waals surface area contributed by atoms with Gasteiger partial charge >= 0.3 is 0 Å². The van der Waals surface area contributed by atoms with E-state index in [9.17, 15) is 0 Å². The lowest BCUT2D eigenvalue weighted by molar-refractivity contribution is 1.17. The van der Waals surface area contributed by atoms with E-state index in [1.54, 1.807) is 12.5 Å². The molecule has 20 aromatic rings. The summed E-state index contributed by atoms with van der Waals surface area (Å²) in [7, 11) is 0. The molecule has 0 unspecified atom stereocenters. The number of hydrogen-bond donors (Lipinski definition) is 0. The lowest BCUT2D eigenvalue weighted by Gasteiger charge is -2.16. The van der Waals surface area contributed by atoms with Crippen molar-refractivity contribution >= 4 is 86.2 Å². The molecule has 0 radical (unpaired) electrons. The second kappa shape index (κ2) is 26.3. The van der Waals surface area contributed by atoms with Crippen molar-refractivity contribution in [1.29, 1.82) is 0 Å². The fourth-order valence-corrected chi connectivity index (χ4v) is 15.2. The van der Waals surface area contributed by atoms with Gasteiger partial charge in [-0.15, -0.1) is 0 Å². The molecule has 16 aromatic carbocycles. The lowest BCUT2D eigenvalue weighted by atomic mass is 9.87. The summed E-state index contributed by atoms with van der Waals surface area (Å²) in [5.74, 6) is 1.37. The molecule has 4 heterocycles. The molecule has 0 spiro atoms. The SMILES string of the molecule is c1ccc(-c2cc(-c3ccc(-c4cc5c6ccccc6c6ccccc6c5c5ccccc45)cc3)nc(-c3ccc(-c4cccnc4)cc3)n2)cc1.c1ccc(-c2cc(-c3ccc(-c4cc5c6ccccc6c6ccccc6c5c5ccccc45)cc3)nc(-c3ccc(-c4cncnc4)cc3)n2)cc1. The van der Waals surface area contributed by atoms with Crippen molar-refractivity contribution in [2.45, 2.75) is 0 Å². The zero-order valence-electron chi connectivity index (χ0n) is 56.3. The minimum Gasteiger partial charge on any atom is -0.264 e. The highest BCUT2D eigenvalue weighted by Crippen LogP contribution is 2.46.